The van der Waals surface area contributed by atoms with Gasteiger partial charge in [0, 0.05) is 11.9 Å². The number of benzene rings is 2. The zero-order valence-corrected chi connectivity index (χ0v) is 16.4. The SMILES string of the molecule is COc1cc(C)c(S(=O)(=O)Nc2ccc(-n3ccc(C(N)=O)n3)cc2)cc1C. The number of nitrogens with two attached hydrogens (primary N) is 1. The highest BCUT2D eigenvalue weighted by molar-refractivity contribution is 7.92. The van der Waals surface area contributed by atoms with Crippen LogP contribution >= 0.6 is 0 Å². The van der Waals surface area contributed by atoms with Crippen LogP contribution in [0.25, 0.3) is 5.69 Å². The highest BCUT2D eigenvalue weighted by Crippen LogP contribution is 2.27. The van der Waals surface area contributed by atoms with E-state index in [1.54, 1.807) is 63.6 Å². The largest absolute Gasteiger partial charge is 0.496 e. The van der Waals surface area contributed by atoms with Crippen molar-refractivity contribution in [1.82, 2.24) is 9.78 Å². The number of sulfonamides is 1. The average molecular weight is 400 g/mol. The van der Waals surface area contributed by atoms with Gasteiger partial charge in [0.05, 0.1) is 17.7 Å². The first kappa shape index (κ1) is 19.4. The maximum atomic E-state index is 12.8. The van der Waals surface area contributed by atoms with Gasteiger partial charge in [0.2, 0.25) is 0 Å². The average Bonchev–Trinajstić information content (AvgIpc) is 3.14. The van der Waals surface area contributed by atoms with Crippen LogP contribution in [-0.4, -0.2) is 31.2 Å². The molecule has 0 saturated heterocycles. The molecule has 1 aromatic heterocycles. The Kier molecular flexibility index (Phi) is 5.10. The molecule has 3 rings (SSSR count). The third-order valence-electron chi connectivity index (χ3n) is 4.21. The number of hydrogen-bond acceptors (Lipinski definition) is 5. The maximum absolute atomic E-state index is 12.8. The van der Waals surface area contributed by atoms with E-state index in [9.17, 15) is 13.2 Å². The first-order valence-electron chi connectivity index (χ1n) is 8.35. The molecule has 8 nitrogen and oxygen atoms in total. The smallest absolute Gasteiger partial charge is 0.269 e. The molecule has 0 unspecified atom stereocenters. The normalized spacial score (nSPS) is 11.2. The summed E-state index contributed by atoms with van der Waals surface area (Å²) in [6.45, 7) is 3.50. The number of carbonyl (C=O) groups excluding carboxylic acids is 1. The van der Waals surface area contributed by atoms with Gasteiger partial charge in [-0.05, 0) is 67.4 Å². The minimum absolute atomic E-state index is 0.148. The Morgan fingerprint density at radius 2 is 1.79 bits per heavy atom. The second-order valence-corrected chi connectivity index (χ2v) is 7.90. The summed E-state index contributed by atoms with van der Waals surface area (Å²) < 4.78 is 34.9. The van der Waals surface area contributed by atoms with Crippen LogP contribution in [0.4, 0.5) is 5.69 Å². The van der Waals surface area contributed by atoms with Crippen LogP contribution in [0, 0.1) is 13.8 Å². The standard InChI is InChI=1S/C19H20N4O4S/c1-12-11-18(13(2)10-17(12)27-3)28(25,26)22-14-4-6-15(7-5-14)23-9-8-16(21-23)19(20)24/h4-11,22H,1-3H3,(H2,20,24). The summed E-state index contributed by atoms with van der Waals surface area (Å²) in [4.78, 5) is 11.3. The topological polar surface area (TPSA) is 116 Å². The minimum atomic E-state index is -3.77. The Morgan fingerprint density at radius 3 is 2.36 bits per heavy atom. The summed E-state index contributed by atoms with van der Waals surface area (Å²) in [5.74, 6) is 0.0173. The Labute approximate surface area is 163 Å². The third-order valence-corrected chi connectivity index (χ3v) is 5.73. The number of carbonyl (C=O) groups is 1. The molecule has 0 aliphatic heterocycles. The number of ether oxygens (including phenoxy) is 1. The van der Waals surface area contributed by atoms with E-state index in [-0.39, 0.29) is 10.6 Å². The van der Waals surface area contributed by atoms with Gasteiger partial charge in [-0.25, -0.2) is 13.1 Å². The first-order valence-corrected chi connectivity index (χ1v) is 9.83. The lowest BCUT2D eigenvalue weighted by molar-refractivity contribution is 0.0995. The second-order valence-electron chi connectivity index (χ2n) is 6.25. The fourth-order valence-corrected chi connectivity index (χ4v) is 4.14. The number of anilines is 1. The van der Waals surface area contributed by atoms with Crippen molar-refractivity contribution in [2.24, 2.45) is 5.73 Å². The number of methoxy groups -OCH3 is 1. The van der Waals surface area contributed by atoms with Gasteiger partial charge in [0.25, 0.3) is 15.9 Å². The van der Waals surface area contributed by atoms with E-state index in [0.29, 0.717) is 22.7 Å². The van der Waals surface area contributed by atoms with Crippen LogP contribution in [0.15, 0.2) is 53.6 Å². The lowest BCUT2D eigenvalue weighted by Gasteiger charge is -2.13. The predicted molar refractivity (Wildman–Crippen MR) is 105 cm³/mol. The summed E-state index contributed by atoms with van der Waals surface area (Å²) in [5, 5.41) is 4.06. The lowest BCUT2D eigenvalue weighted by atomic mass is 10.1. The van der Waals surface area contributed by atoms with Crippen LogP contribution < -0.4 is 15.2 Å². The van der Waals surface area contributed by atoms with Crippen molar-refractivity contribution >= 4 is 21.6 Å². The molecule has 9 heteroatoms. The molecule has 0 spiro atoms. The Morgan fingerprint density at radius 1 is 1.11 bits per heavy atom. The Balaban J connectivity index is 1.85. The molecule has 3 aromatic rings. The molecule has 0 aliphatic carbocycles. The molecule has 0 saturated carbocycles. The van der Waals surface area contributed by atoms with Gasteiger partial charge in [-0.2, -0.15) is 5.10 Å². The molecule has 0 fully saturated rings. The highest BCUT2D eigenvalue weighted by Gasteiger charge is 2.19. The highest BCUT2D eigenvalue weighted by atomic mass is 32.2. The van der Waals surface area contributed by atoms with Crippen molar-refractivity contribution in [1.29, 1.82) is 0 Å². The molecule has 28 heavy (non-hydrogen) atoms. The molecule has 3 N–H and O–H groups in total. The number of aromatic nitrogens is 2. The number of nitrogens with zero attached hydrogens (tertiary/aromatic N) is 2. The molecule has 0 atom stereocenters. The number of hydrogen-bond donors (Lipinski definition) is 2. The van der Waals surface area contributed by atoms with Crippen molar-refractivity contribution in [3.63, 3.8) is 0 Å². The van der Waals surface area contributed by atoms with Gasteiger partial charge in [-0.15, -0.1) is 0 Å². The van der Waals surface area contributed by atoms with E-state index in [2.05, 4.69) is 9.82 Å². The van der Waals surface area contributed by atoms with Crippen LogP contribution in [0.2, 0.25) is 0 Å². The van der Waals surface area contributed by atoms with Gasteiger partial charge in [-0.3, -0.25) is 9.52 Å². The lowest BCUT2D eigenvalue weighted by Crippen LogP contribution is -2.15. The third kappa shape index (κ3) is 3.84. The molecular formula is C19H20N4O4S. The minimum Gasteiger partial charge on any atom is -0.496 e. The van der Waals surface area contributed by atoms with Gasteiger partial charge in [0.15, 0.2) is 0 Å². The zero-order chi connectivity index (χ0) is 20.5. The van der Waals surface area contributed by atoms with Crippen molar-refractivity contribution in [2.45, 2.75) is 18.7 Å². The molecule has 0 radical (unpaired) electrons. The molecule has 2 aromatic carbocycles. The fourth-order valence-electron chi connectivity index (χ4n) is 2.76. The summed E-state index contributed by atoms with van der Waals surface area (Å²) in [6.07, 6.45) is 1.60. The maximum Gasteiger partial charge on any atom is 0.269 e. The Hall–Kier alpha value is -3.33. The quantitative estimate of drug-likeness (QED) is 0.659. The summed E-state index contributed by atoms with van der Waals surface area (Å²) in [6, 6.07) is 11.4. The van der Waals surface area contributed by atoms with E-state index >= 15 is 0 Å². The first-order chi connectivity index (χ1) is 13.2. The molecular weight excluding hydrogens is 380 g/mol. The fraction of sp³-hybridized carbons (Fsp3) is 0.158. The number of amides is 1. The zero-order valence-electron chi connectivity index (χ0n) is 15.6. The molecule has 0 bridgehead atoms. The number of aryl methyl sites for hydroxylation is 2. The van der Waals surface area contributed by atoms with Gasteiger partial charge in [0.1, 0.15) is 11.4 Å². The van der Waals surface area contributed by atoms with Crippen LogP contribution in [0.3, 0.4) is 0 Å². The molecule has 146 valence electrons. The van der Waals surface area contributed by atoms with E-state index in [1.807, 2.05) is 0 Å². The van der Waals surface area contributed by atoms with E-state index in [0.717, 1.165) is 5.56 Å². The molecule has 0 aliphatic rings. The van der Waals surface area contributed by atoms with E-state index in [4.69, 9.17) is 10.5 Å². The predicted octanol–water partition coefficient (Wildman–Crippen LogP) is 2.40. The summed E-state index contributed by atoms with van der Waals surface area (Å²) >= 11 is 0. The summed E-state index contributed by atoms with van der Waals surface area (Å²) in [7, 11) is -2.22. The molecule has 1 heterocycles. The van der Waals surface area contributed by atoms with Crippen LogP contribution in [0.1, 0.15) is 21.6 Å². The van der Waals surface area contributed by atoms with Crippen LogP contribution in [-0.2, 0) is 10.0 Å². The summed E-state index contributed by atoms with van der Waals surface area (Å²) in [5.41, 5.74) is 7.72. The van der Waals surface area contributed by atoms with Gasteiger partial charge >= 0.3 is 0 Å². The second kappa shape index (κ2) is 7.35. The molecule has 1 amide bonds. The van der Waals surface area contributed by atoms with E-state index < -0.39 is 15.9 Å². The van der Waals surface area contributed by atoms with Crippen molar-refractivity contribution in [2.75, 3.05) is 11.8 Å². The van der Waals surface area contributed by atoms with Gasteiger partial charge < -0.3 is 10.5 Å². The van der Waals surface area contributed by atoms with Crippen LogP contribution in [0.5, 0.6) is 5.75 Å². The monoisotopic (exact) mass is 400 g/mol. The number of primary amides is 1. The number of nitrogens with one attached hydrogen (secondary N) is 1. The van der Waals surface area contributed by atoms with Crippen molar-refractivity contribution in [3.05, 3.63) is 65.5 Å². The Bertz CT molecular complexity index is 1140. The van der Waals surface area contributed by atoms with Crippen molar-refractivity contribution < 1.29 is 17.9 Å². The van der Waals surface area contributed by atoms with Gasteiger partial charge in [-0.1, -0.05) is 0 Å². The number of rotatable bonds is 6. The van der Waals surface area contributed by atoms with Crippen molar-refractivity contribution in [3.8, 4) is 11.4 Å². The van der Waals surface area contributed by atoms with E-state index in [1.165, 1.54) is 10.7 Å².